The first-order valence-electron chi connectivity index (χ1n) is 12.9. The first kappa shape index (κ1) is 28.7. The number of Topliss-reactive ketones (excluding diaryl/α,β-unsaturated/α-hetero) is 1. The first-order chi connectivity index (χ1) is 19.7. The van der Waals surface area contributed by atoms with Gasteiger partial charge in [-0.25, -0.2) is 0 Å². The highest BCUT2D eigenvalue weighted by molar-refractivity contribution is 6.23. The highest BCUT2D eigenvalue weighted by atomic mass is 16.6. The fraction of sp³-hybridized carbons (Fsp3) is 0.156. The number of nitrogens with zero attached hydrogens (tertiary/aromatic N) is 2. The Morgan fingerprint density at radius 2 is 1.46 bits per heavy atom. The van der Waals surface area contributed by atoms with Crippen molar-refractivity contribution in [1.82, 2.24) is 0 Å². The SMILES string of the molecule is COc1ccc(C(=O)C(C(=O)Nc2c(C)cccc2C)N(C(=O)Cc2ccc([N+](=O)[O-])cc2)c2ccccc2)cc1. The molecule has 1 N–H and O–H groups in total. The summed E-state index contributed by atoms with van der Waals surface area (Å²) in [6, 6.07) is 24.4. The third-order valence-electron chi connectivity index (χ3n) is 6.66. The summed E-state index contributed by atoms with van der Waals surface area (Å²) in [5.74, 6) is -1.26. The average molecular weight is 552 g/mol. The van der Waals surface area contributed by atoms with Crippen molar-refractivity contribution in [3.8, 4) is 5.75 Å². The number of methoxy groups -OCH3 is 1. The van der Waals surface area contributed by atoms with Gasteiger partial charge < -0.3 is 10.1 Å². The number of rotatable bonds is 10. The Balaban J connectivity index is 1.79. The summed E-state index contributed by atoms with van der Waals surface area (Å²) in [7, 11) is 1.51. The van der Waals surface area contributed by atoms with E-state index in [1.165, 1.54) is 36.3 Å². The molecule has 1 atom stereocenters. The second-order valence-corrected chi connectivity index (χ2v) is 9.45. The van der Waals surface area contributed by atoms with E-state index in [-0.39, 0.29) is 17.7 Å². The molecule has 9 heteroatoms. The lowest BCUT2D eigenvalue weighted by atomic mass is 9.99. The Morgan fingerprint density at radius 1 is 0.854 bits per heavy atom. The van der Waals surface area contributed by atoms with Crippen molar-refractivity contribution in [3.05, 3.63) is 129 Å². The van der Waals surface area contributed by atoms with Crippen LogP contribution in [-0.4, -0.2) is 35.7 Å². The third-order valence-corrected chi connectivity index (χ3v) is 6.66. The van der Waals surface area contributed by atoms with E-state index >= 15 is 0 Å². The number of nitro benzene ring substituents is 1. The number of nitro groups is 1. The molecule has 0 radical (unpaired) electrons. The number of para-hydroxylation sites is 2. The molecule has 0 bridgehead atoms. The van der Waals surface area contributed by atoms with E-state index in [0.29, 0.717) is 22.7 Å². The molecule has 0 spiro atoms. The molecule has 1 unspecified atom stereocenters. The van der Waals surface area contributed by atoms with E-state index in [1.807, 2.05) is 32.0 Å². The highest BCUT2D eigenvalue weighted by Gasteiger charge is 2.38. The van der Waals surface area contributed by atoms with E-state index < -0.39 is 28.6 Å². The minimum atomic E-state index is -1.56. The van der Waals surface area contributed by atoms with E-state index in [2.05, 4.69) is 5.32 Å². The summed E-state index contributed by atoms with van der Waals surface area (Å²) in [6.07, 6.45) is -0.198. The van der Waals surface area contributed by atoms with Crippen LogP contribution in [-0.2, 0) is 16.0 Å². The lowest BCUT2D eigenvalue weighted by molar-refractivity contribution is -0.384. The summed E-state index contributed by atoms with van der Waals surface area (Å²) in [5, 5.41) is 14.0. The molecule has 0 aliphatic heterocycles. The summed E-state index contributed by atoms with van der Waals surface area (Å²) in [5.41, 5.74) is 3.12. The molecule has 4 rings (SSSR count). The maximum Gasteiger partial charge on any atom is 0.269 e. The van der Waals surface area contributed by atoms with Gasteiger partial charge in [0.25, 0.3) is 11.6 Å². The van der Waals surface area contributed by atoms with Gasteiger partial charge in [-0.3, -0.25) is 29.4 Å². The molecule has 208 valence electrons. The third kappa shape index (κ3) is 6.65. The highest BCUT2D eigenvalue weighted by Crippen LogP contribution is 2.26. The van der Waals surface area contributed by atoms with Gasteiger partial charge in [-0.2, -0.15) is 0 Å². The van der Waals surface area contributed by atoms with Gasteiger partial charge in [0.15, 0.2) is 11.8 Å². The number of hydrogen-bond acceptors (Lipinski definition) is 6. The summed E-state index contributed by atoms with van der Waals surface area (Å²) < 4.78 is 5.21. The number of non-ortho nitro benzene ring substituents is 1. The molecule has 0 aliphatic carbocycles. The quantitative estimate of drug-likeness (QED) is 0.117. The maximum atomic E-state index is 14.1. The smallest absolute Gasteiger partial charge is 0.269 e. The van der Waals surface area contributed by atoms with Crippen molar-refractivity contribution in [2.75, 3.05) is 17.3 Å². The number of ketones is 1. The van der Waals surface area contributed by atoms with Gasteiger partial charge in [0.1, 0.15) is 5.75 Å². The van der Waals surface area contributed by atoms with Crippen LogP contribution >= 0.6 is 0 Å². The number of amides is 2. The van der Waals surface area contributed by atoms with Gasteiger partial charge in [-0.15, -0.1) is 0 Å². The maximum absolute atomic E-state index is 14.1. The molecule has 0 heterocycles. The standard InChI is InChI=1S/C32H29N3O6/c1-21-8-7-9-22(2)29(21)33-32(38)30(31(37)24-14-18-27(41-3)19-15-24)34(25-10-5-4-6-11-25)28(36)20-23-12-16-26(17-13-23)35(39)40/h4-19,30H,20H2,1-3H3,(H,33,38). The molecule has 9 nitrogen and oxygen atoms in total. The van der Waals surface area contributed by atoms with Crippen LogP contribution in [0.3, 0.4) is 0 Å². The Bertz CT molecular complexity index is 1550. The monoisotopic (exact) mass is 551 g/mol. The molecule has 0 aliphatic rings. The van der Waals surface area contributed by atoms with Crippen LogP contribution in [0.25, 0.3) is 0 Å². The largest absolute Gasteiger partial charge is 0.497 e. The number of carbonyl (C=O) groups excluding carboxylic acids is 3. The van der Waals surface area contributed by atoms with E-state index in [1.54, 1.807) is 54.6 Å². The van der Waals surface area contributed by atoms with Gasteiger partial charge in [-0.05, 0) is 66.9 Å². The average Bonchev–Trinajstić information content (AvgIpc) is 2.98. The second-order valence-electron chi connectivity index (χ2n) is 9.45. The van der Waals surface area contributed by atoms with Crippen LogP contribution < -0.4 is 15.0 Å². The van der Waals surface area contributed by atoms with Crippen LogP contribution in [0.2, 0.25) is 0 Å². The zero-order chi connectivity index (χ0) is 29.5. The van der Waals surface area contributed by atoms with Crippen LogP contribution in [0.15, 0.2) is 97.1 Å². The Hall–Kier alpha value is -5.31. The van der Waals surface area contributed by atoms with Gasteiger partial charge >= 0.3 is 0 Å². The van der Waals surface area contributed by atoms with Gasteiger partial charge in [-0.1, -0.05) is 48.5 Å². The van der Waals surface area contributed by atoms with Crippen molar-refractivity contribution in [2.24, 2.45) is 0 Å². The summed E-state index contributed by atoms with van der Waals surface area (Å²) in [6.45, 7) is 3.69. The van der Waals surface area contributed by atoms with E-state index in [9.17, 15) is 24.5 Å². The van der Waals surface area contributed by atoms with E-state index in [0.717, 1.165) is 11.1 Å². The van der Waals surface area contributed by atoms with Crippen molar-refractivity contribution in [1.29, 1.82) is 0 Å². The fourth-order valence-corrected chi connectivity index (χ4v) is 4.49. The van der Waals surface area contributed by atoms with Crippen molar-refractivity contribution < 1.29 is 24.0 Å². The number of benzene rings is 4. The zero-order valence-corrected chi connectivity index (χ0v) is 22.9. The lowest BCUT2D eigenvalue weighted by Gasteiger charge is -2.31. The summed E-state index contributed by atoms with van der Waals surface area (Å²) >= 11 is 0. The van der Waals surface area contributed by atoms with Crippen LogP contribution in [0, 0.1) is 24.0 Å². The van der Waals surface area contributed by atoms with Crippen molar-refractivity contribution in [3.63, 3.8) is 0 Å². The Kier molecular flexibility index (Phi) is 8.88. The Labute approximate surface area is 237 Å². The molecule has 0 saturated carbocycles. The van der Waals surface area contributed by atoms with Gasteiger partial charge in [0.2, 0.25) is 5.91 Å². The normalized spacial score (nSPS) is 11.3. The molecule has 4 aromatic carbocycles. The Morgan fingerprint density at radius 3 is 2.02 bits per heavy atom. The molecular weight excluding hydrogens is 522 g/mol. The molecule has 41 heavy (non-hydrogen) atoms. The van der Waals surface area contributed by atoms with Gasteiger partial charge in [0, 0.05) is 29.1 Å². The fourth-order valence-electron chi connectivity index (χ4n) is 4.49. The first-order valence-corrected chi connectivity index (χ1v) is 12.9. The minimum absolute atomic E-state index is 0.110. The molecule has 0 aromatic heterocycles. The topological polar surface area (TPSA) is 119 Å². The zero-order valence-electron chi connectivity index (χ0n) is 22.9. The predicted octanol–water partition coefficient (Wildman–Crippen LogP) is 5.69. The van der Waals surface area contributed by atoms with Crippen LogP contribution in [0.4, 0.5) is 17.1 Å². The van der Waals surface area contributed by atoms with E-state index in [4.69, 9.17) is 4.74 Å². The minimum Gasteiger partial charge on any atom is -0.497 e. The molecule has 4 aromatic rings. The molecule has 2 amide bonds. The molecular formula is C32H29N3O6. The lowest BCUT2D eigenvalue weighted by Crippen LogP contribution is -2.53. The molecule has 0 fully saturated rings. The van der Waals surface area contributed by atoms with Crippen molar-refractivity contribution >= 4 is 34.7 Å². The predicted molar refractivity (Wildman–Crippen MR) is 156 cm³/mol. The number of nitrogens with one attached hydrogen (secondary N) is 1. The molecule has 0 saturated heterocycles. The van der Waals surface area contributed by atoms with Gasteiger partial charge in [0.05, 0.1) is 18.5 Å². The van der Waals surface area contributed by atoms with Crippen LogP contribution in [0.1, 0.15) is 27.0 Å². The number of hydrogen-bond donors (Lipinski definition) is 1. The number of ether oxygens (including phenoxy) is 1. The second kappa shape index (κ2) is 12.7. The van der Waals surface area contributed by atoms with Crippen LogP contribution in [0.5, 0.6) is 5.75 Å². The van der Waals surface area contributed by atoms with Crippen molar-refractivity contribution in [2.45, 2.75) is 26.3 Å². The number of carbonyl (C=O) groups is 3. The number of aryl methyl sites for hydroxylation is 2. The summed E-state index contributed by atoms with van der Waals surface area (Å²) in [4.78, 5) is 53.8. The number of anilines is 2.